The molecule has 4 N–H and O–H groups in total. The fraction of sp³-hybridized carbons (Fsp3) is 0.357. The standard InChI is InChI=1S/C14H16N5O5P/c15-14-9-3-11-12(4-10(9)16-6-17-14)19(7-18-11)13-2-1-8(24-13)5-23-25(20,21)22/h3-4,6-8,13H,1-2,5H2,(H2,15,16,17)(H2,20,21,22)/t8-,13+/m0/s1. The van der Waals surface area contributed by atoms with Gasteiger partial charge in [-0.05, 0) is 25.0 Å². The van der Waals surface area contributed by atoms with Crippen LogP contribution in [0.1, 0.15) is 19.1 Å². The SMILES string of the molecule is Nc1ncnc2cc3c(cc12)ncn3[C@H]1CC[C@@H](COP(=O)(O)O)O1. The number of nitrogens with zero attached hydrogens (tertiary/aromatic N) is 4. The number of phosphoric ester groups is 1. The summed E-state index contributed by atoms with van der Waals surface area (Å²) in [5.41, 5.74) is 8.17. The average molecular weight is 365 g/mol. The highest BCUT2D eigenvalue weighted by molar-refractivity contribution is 7.46. The minimum absolute atomic E-state index is 0.153. The van der Waals surface area contributed by atoms with Gasteiger partial charge in [0.1, 0.15) is 18.4 Å². The summed E-state index contributed by atoms with van der Waals surface area (Å²) in [5, 5.41) is 0.737. The minimum Gasteiger partial charge on any atom is -0.383 e. The van der Waals surface area contributed by atoms with Crippen LogP contribution in [0.15, 0.2) is 24.8 Å². The van der Waals surface area contributed by atoms with Gasteiger partial charge in [-0.15, -0.1) is 0 Å². The number of imidazole rings is 1. The molecule has 0 radical (unpaired) electrons. The number of benzene rings is 1. The summed E-state index contributed by atoms with van der Waals surface area (Å²) in [6.07, 6.45) is 3.73. The van der Waals surface area contributed by atoms with Crippen LogP contribution in [-0.4, -0.2) is 42.0 Å². The lowest BCUT2D eigenvalue weighted by Gasteiger charge is -2.16. The molecule has 1 saturated heterocycles. The monoisotopic (exact) mass is 365 g/mol. The van der Waals surface area contributed by atoms with Crippen LogP contribution < -0.4 is 5.73 Å². The van der Waals surface area contributed by atoms with E-state index in [9.17, 15) is 4.57 Å². The first-order valence-electron chi connectivity index (χ1n) is 7.63. The lowest BCUT2D eigenvalue weighted by Crippen LogP contribution is -2.15. The number of nitrogens with two attached hydrogens (primary N) is 1. The summed E-state index contributed by atoms with van der Waals surface area (Å²) < 4.78 is 23.0. The Labute approximate surface area is 141 Å². The lowest BCUT2D eigenvalue weighted by molar-refractivity contribution is -0.0203. The maximum absolute atomic E-state index is 10.8. The molecule has 11 heteroatoms. The summed E-state index contributed by atoms with van der Waals surface area (Å²) in [4.78, 5) is 30.2. The first-order valence-corrected chi connectivity index (χ1v) is 9.16. The molecule has 1 aliphatic heterocycles. The molecule has 0 amide bonds. The Morgan fingerprint density at radius 3 is 2.92 bits per heavy atom. The number of anilines is 1. The van der Waals surface area contributed by atoms with Crippen molar-refractivity contribution in [3.63, 3.8) is 0 Å². The topological polar surface area (TPSA) is 146 Å². The summed E-state index contributed by atoms with van der Waals surface area (Å²) >= 11 is 0. The van der Waals surface area contributed by atoms with E-state index in [4.69, 9.17) is 20.3 Å². The number of hydrogen-bond donors (Lipinski definition) is 3. The molecule has 3 heterocycles. The second-order valence-electron chi connectivity index (χ2n) is 5.85. The van der Waals surface area contributed by atoms with Crippen molar-refractivity contribution < 1.29 is 23.6 Å². The molecule has 2 aromatic heterocycles. The molecule has 10 nitrogen and oxygen atoms in total. The van der Waals surface area contributed by atoms with E-state index in [0.717, 1.165) is 16.4 Å². The van der Waals surface area contributed by atoms with E-state index in [1.807, 2.05) is 16.7 Å². The van der Waals surface area contributed by atoms with E-state index in [1.54, 1.807) is 6.33 Å². The van der Waals surface area contributed by atoms with Crippen molar-refractivity contribution in [2.75, 3.05) is 12.3 Å². The van der Waals surface area contributed by atoms with Gasteiger partial charge in [0.2, 0.25) is 0 Å². The molecular formula is C14H16N5O5P. The number of ether oxygens (including phenoxy) is 1. The van der Waals surface area contributed by atoms with Gasteiger partial charge in [0.15, 0.2) is 0 Å². The minimum atomic E-state index is -4.49. The highest BCUT2D eigenvalue weighted by Gasteiger charge is 2.29. The molecule has 0 bridgehead atoms. The normalized spacial score (nSPS) is 21.4. The highest BCUT2D eigenvalue weighted by atomic mass is 31.2. The highest BCUT2D eigenvalue weighted by Crippen LogP contribution is 2.38. The number of nitrogen functional groups attached to an aromatic ring is 1. The van der Waals surface area contributed by atoms with E-state index in [-0.39, 0.29) is 18.9 Å². The van der Waals surface area contributed by atoms with E-state index in [0.29, 0.717) is 24.2 Å². The zero-order valence-electron chi connectivity index (χ0n) is 13.0. The molecule has 1 fully saturated rings. The van der Waals surface area contributed by atoms with Crippen LogP contribution in [0.2, 0.25) is 0 Å². The molecule has 3 aromatic rings. The van der Waals surface area contributed by atoms with Crippen LogP contribution in [0.4, 0.5) is 5.82 Å². The van der Waals surface area contributed by atoms with Crippen molar-refractivity contribution in [1.82, 2.24) is 19.5 Å². The Bertz CT molecular complexity index is 986. The molecule has 0 spiro atoms. The third-order valence-corrected chi connectivity index (χ3v) is 4.67. The maximum atomic E-state index is 10.8. The summed E-state index contributed by atoms with van der Waals surface area (Å²) in [6.45, 7) is -0.153. The number of hydrogen-bond acceptors (Lipinski definition) is 7. The third kappa shape index (κ3) is 3.22. The largest absolute Gasteiger partial charge is 0.469 e. The fourth-order valence-electron chi connectivity index (χ4n) is 3.02. The van der Waals surface area contributed by atoms with Gasteiger partial charge in [-0.2, -0.15) is 0 Å². The summed E-state index contributed by atoms with van der Waals surface area (Å²) in [6, 6.07) is 3.71. The molecule has 132 valence electrons. The first-order chi connectivity index (χ1) is 11.9. The molecule has 4 rings (SSSR count). The molecule has 0 unspecified atom stereocenters. The smallest absolute Gasteiger partial charge is 0.383 e. The molecule has 0 saturated carbocycles. The van der Waals surface area contributed by atoms with Crippen molar-refractivity contribution in [2.45, 2.75) is 25.2 Å². The molecule has 1 aromatic carbocycles. The van der Waals surface area contributed by atoms with E-state index in [1.165, 1.54) is 6.33 Å². The second kappa shape index (κ2) is 6.01. The zero-order valence-corrected chi connectivity index (χ0v) is 13.9. The summed E-state index contributed by atoms with van der Waals surface area (Å²) in [5.74, 6) is 0.396. The third-order valence-electron chi connectivity index (χ3n) is 4.19. The van der Waals surface area contributed by atoms with Gasteiger partial charge >= 0.3 is 7.82 Å². The van der Waals surface area contributed by atoms with E-state index >= 15 is 0 Å². The van der Waals surface area contributed by atoms with E-state index in [2.05, 4.69) is 19.5 Å². The van der Waals surface area contributed by atoms with Gasteiger partial charge in [0.25, 0.3) is 0 Å². The van der Waals surface area contributed by atoms with Crippen LogP contribution in [0, 0.1) is 0 Å². The van der Waals surface area contributed by atoms with Crippen LogP contribution >= 0.6 is 7.82 Å². The quantitative estimate of drug-likeness (QED) is 0.583. The van der Waals surface area contributed by atoms with Gasteiger partial charge in [-0.3, -0.25) is 4.52 Å². The molecule has 2 atom stereocenters. The second-order valence-corrected chi connectivity index (χ2v) is 7.08. The number of fused-ring (bicyclic) bond motifs is 2. The van der Waals surface area contributed by atoms with Crippen molar-refractivity contribution in [2.24, 2.45) is 0 Å². The van der Waals surface area contributed by atoms with Gasteiger partial charge in [-0.1, -0.05) is 0 Å². The zero-order chi connectivity index (χ0) is 17.6. The predicted octanol–water partition coefficient (Wildman–Crippen LogP) is 1.35. The number of phosphoric acid groups is 1. The van der Waals surface area contributed by atoms with Gasteiger partial charge < -0.3 is 24.8 Å². The maximum Gasteiger partial charge on any atom is 0.469 e. The van der Waals surface area contributed by atoms with Crippen LogP contribution in [-0.2, 0) is 13.8 Å². The summed E-state index contributed by atoms with van der Waals surface area (Å²) in [7, 11) is -4.49. The number of rotatable bonds is 4. The van der Waals surface area contributed by atoms with Crippen LogP contribution in [0.3, 0.4) is 0 Å². The first kappa shape index (κ1) is 16.4. The van der Waals surface area contributed by atoms with Gasteiger partial charge in [0, 0.05) is 5.39 Å². The Hall–Kier alpha value is -2.10. The Morgan fingerprint density at radius 1 is 1.28 bits per heavy atom. The van der Waals surface area contributed by atoms with E-state index < -0.39 is 7.82 Å². The van der Waals surface area contributed by atoms with Crippen LogP contribution in [0.25, 0.3) is 21.9 Å². The fourth-order valence-corrected chi connectivity index (χ4v) is 3.38. The Kier molecular flexibility index (Phi) is 3.94. The van der Waals surface area contributed by atoms with Crippen molar-refractivity contribution in [1.29, 1.82) is 0 Å². The Morgan fingerprint density at radius 2 is 2.12 bits per heavy atom. The molecular weight excluding hydrogens is 349 g/mol. The van der Waals surface area contributed by atoms with Crippen molar-refractivity contribution in [3.8, 4) is 0 Å². The molecule has 25 heavy (non-hydrogen) atoms. The van der Waals surface area contributed by atoms with Gasteiger partial charge in [-0.25, -0.2) is 19.5 Å². The van der Waals surface area contributed by atoms with Crippen molar-refractivity contribution >= 4 is 35.6 Å². The number of aromatic nitrogens is 4. The Balaban J connectivity index is 1.61. The molecule has 0 aliphatic carbocycles. The molecule has 1 aliphatic rings. The predicted molar refractivity (Wildman–Crippen MR) is 88.4 cm³/mol. The lowest BCUT2D eigenvalue weighted by atomic mass is 10.2. The average Bonchev–Trinajstić information content (AvgIpc) is 3.17. The van der Waals surface area contributed by atoms with Crippen LogP contribution in [0.5, 0.6) is 0 Å². The van der Waals surface area contributed by atoms with Gasteiger partial charge in [0.05, 0.1) is 35.6 Å². The van der Waals surface area contributed by atoms with Crippen molar-refractivity contribution in [3.05, 3.63) is 24.8 Å².